The van der Waals surface area contributed by atoms with Gasteiger partial charge in [0.05, 0.1) is 5.39 Å². The number of likely N-dealkylation sites (tertiary alicyclic amines) is 1. The molecule has 8 nitrogen and oxygen atoms in total. The minimum Gasteiger partial charge on any atom is -0.444 e. The maximum atomic E-state index is 12.5. The first-order valence-electron chi connectivity index (χ1n) is 10.8. The molecule has 31 heavy (non-hydrogen) atoms. The Hall–Kier alpha value is -2.90. The number of nitrogens with zero attached hydrogens (tertiary/aromatic N) is 5. The molecule has 0 N–H and O–H groups in total. The second-order valence-corrected chi connectivity index (χ2v) is 10.3. The Kier molecular flexibility index (Phi) is 5.06. The van der Waals surface area contributed by atoms with Gasteiger partial charge in [-0.2, -0.15) is 4.52 Å². The first kappa shape index (κ1) is 21.3. The van der Waals surface area contributed by atoms with E-state index in [4.69, 9.17) is 9.72 Å². The van der Waals surface area contributed by atoms with Gasteiger partial charge in [-0.05, 0) is 45.7 Å². The van der Waals surface area contributed by atoms with E-state index in [-0.39, 0.29) is 23.1 Å². The Bertz CT molecular complexity index is 1190. The summed E-state index contributed by atoms with van der Waals surface area (Å²) in [6, 6.07) is 5.72. The van der Waals surface area contributed by atoms with Gasteiger partial charge in [-0.1, -0.05) is 20.8 Å². The van der Waals surface area contributed by atoms with Gasteiger partial charge in [0.15, 0.2) is 5.65 Å². The molecule has 0 radical (unpaired) electrons. The van der Waals surface area contributed by atoms with Crippen LogP contribution in [0.5, 0.6) is 0 Å². The van der Waals surface area contributed by atoms with Crippen LogP contribution in [0.15, 0.2) is 29.2 Å². The molecular formula is C23H31N5O3. The van der Waals surface area contributed by atoms with Crippen molar-refractivity contribution in [2.75, 3.05) is 13.1 Å². The van der Waals surface area contributed by atoms with Crippen molar-refractivity contribution in [3.63, 3.8) is 0 Å². The SMILES string of the molecule is CC(C)(C)OC(=O)N1CCC(n2ccc(=O)n3nc4nc(C(C)(C)C)ccc4c23)CC1. The molecular weight excluding hydrogens is 394 g/mol. The highest BCUT2D eigenvalue weighted by molar-refractivity contribution is 5.90. The van der Waals surface area contributed by atoms with Crippen LogP contribution in [0.4, 0.5) is 4.79 Å². The van der Waals surface area contributed by atoms with Gasteiger partial charge in [-0.25, -0.2) is 9.78 Å². The number of rotatable bonds is 1. The number of ether oxygens (including phenoxy) is 1. The van der Waals surface area contributed by atoms with Crippen LogP contribution >= 0.6 is 0 Å². The second kappa shape index (κ2) is 7.35. The number of carbonyl (C=O) groups is 1. The van der Waals surface area contributed by atoms with Crippen LogP contribution in [0.25, 0.3) is 16.7 Å². The van der Waals surface area contributed by atoms with E-state index >= 15 is 0 Å². The molecule has 3 aromatic heterocycles. The molecule has 1 aliphatic rings. The maximum absolute atomic E-state index is 12.5. The number of carbonyl (C=O) groups excluding carboxylic acids is 1. The molecule has 4 heterocycles. The van der Waals surface area contributed by atoms with Crippen LogP contribution in [0.2, 0.25) is 0 Å². The van der Waals surface area contributed by atoms with Gasteiger partial charge in [0, 0.05) is 42.5 Å². The van der Waals surface area contributed by atoms with Gasteiger partial charge < -0.3 is 14.2 Å². The Morgan fingerprint density at radius 1 is 1.06 bits per heavy atom. The number of aromatic nitrogens is 4. The molecule has 1 saturated heterocycles. The van der Waals surface area contributed by atoms with Crippen LogP contribution in [0.3, 0.4) is 0 Å². The zero-order valence-electron chi connectivity index (χ0n) is 19.2. The lowest BCUT2D eigenvalue weighted by Crippen LogP contribution is -2.42. The summed E-state index contributed by atoms with van der Waals surface area (Å²) in [5.74, 6) is 0. The van der Waals surface area contributed by atoms with Crippen molar-refractivity contribution in [2.45, 2.75) is 71.4 Å². The number of piperidine rings is 1. The van der Waals surface area contributed by atoms with Crippen LogP contribution in [-0.4, -0.2) is 48.8 Å². The van der Waals surface area contributed by atoms with E-state index in [1.165, 1.54) is 4.52 Å². The third-order valence-electron chi connectivity index (χ3n) is 5.62. The minimum atomic E-state index is -0.506. The van der Waals surface area contributed by atoms with E-state index in [1.807, 2.05) is 39.1 Å². The van der Waals surface area contributed by atoms with Crippen molar-refractivity contribution >= 4 is 22.8 Å². The molecule has 1 amide bonds. The maximum Gasteiger partial charge on any atom is 0.410 e. The van der Waals surface area contributed by atoms with Gasteiger partial charge in [0.25, 0.3) is 5.56 Å². The Balaban J connectivity index is 1.67. The molecule has 0 atom stereocenters. The van der Waals surface area contributed by atoms with Crippen molar-refractivity contribution in [1.29, 1.82) is 0 Å². The number of fused-ring (bicyclic) bond motifs is 3. The van der Waals surface area contributed by atoms with Crippen molar-refractivity contribution in [1.82, 2.24) is 24.1 Å². The van der Waals surface area contributed by atoms with E-state index in [0.717, 1.165) is 29.6 Å². The minimum absolute atomic E-state index is 0.102. The predicted octanol–water partition coefficient (Wildman–Crippen LogP) is 3.91. The molecule has 0 aliphatic carbocycles. The van der Waals surface area contributed by atoms with E-state index in [1.54, 1.807) is 11.0 Å². The topological polar surface area (TPSA) is 81.7 Å². The third-order valence-corrected chi connectivity index (χ3v) is 5.62. The van der Waals surface area contributed by atoms with E-state index in [2.05, 4.69) is 30.4 Å². The Labute approximate surface area is 181 Å². The summed E-state index contributed by atoms with van der Waals surface area (Å²) in [6.45, 7) is 13.2. The average molecular weight is 426 g/mol. The molecule has 1 aliphatic heterocycles. The van der Waals surface area contributed by atoms with Gasteiger partial charge in [0.1, 0.15) is 11.2 Å². The monoisotopic (exact) mass is 425 g/mol. The number of pyridine rings is 1. The highest BCUT2D eigenvalue weighted by Gasteiger charge is 2.28. The number of hydrogen-bond donors (Lipinski definition) is 0. The van der Waals surface area contributed by atoms with Crippen LogP contribution < -0.4 is 5.56 Å². The van der Waals surface area contributed by atoms with E-state index in [0.29, 0.717) is 18.7 Å². The fraction of sp³-hybridized carbons (Fsp3) is 0.565. The summed E-state index contributed by atoms with van der Waals surface area (Å²) in [6.07, 6.45) is 3.12. The molecule has 1 fully saturated rings. The normalized spacial score (nSPS) is 16.3. The molecule has 0 unspecified atom stereocenters. The van der Waals surface area contributed by atoms with E-state index < -0.39 is 5.60 Å². The lowest BCUT2D eigenvalue weighted by atomic mass is 9.91. The summed E-state index contributed by atoms with van der Waals surface area (Å²) in [7, 11) is 0. The largest absolute Gasteiger partial charge is 0.444 e. The molecule has 8 heteroatoms. The highest BCUT2D eigenvalue weighted by atomic mass is 16.6. The lowest BCUT2D eigenvalue weighted by Gasteiger charge is -2.34. The van der Waals surface area contributed by atoms with Crippen molar-refractivity contribution < 1.29 is 9.53 Å². The third kappa shape index (κ3) is 4.16. The first-order valence-corrected chi connectivity index (χ1v) is 10.8. The first-order chi connectivity index (χ1) is 14.4. The summed E-state index contributed by atoms with van der Waals surface area (Å²) >= 11 is 0. The number of amides is 1. The molecule has 0 spiro atoms. The molecule has 4 rings (SSSR count). The fourth-order valence-electron chi connectivity index (χ4n) is 4.01. The van der Waals surface area contributed by atoms with E-state index in [9.17, 15) is 9.59 Å². The molecule has 166 valence electrons. The summed E-state index contributed by atoms with van der Waals surface area (Å²) < 4.78 is 9.07. The summed E-state index contributed by atoms with van der Waals surface area (Å²) in [5.41, 5.74) is 1.49. The fourth-order valence-corrected chi connectivity index (χ4v) is 4.01. The lowest BCUT2D eigenvalue weighted by molar-refractivity contribution is 0.0189. The van der Waals surface area contributed by atoms with Crippen LogP contribution in [0.1, 0.15) is 66.1 Å². The second-order valence-electron chi connectivity index (χ2n) is 10.3. The molecule has 3 aromatic rings. The molecule has 0 aromatic carbocycles. The summed E-state index contributed by atoms with van der Waals surface area (Å²) in [5, 5.41) is 5.38. The Morgan fingerprint density at radius 3 is 2.35 bits per heavy atom. The van der Waals surface area contributed by atoms with Crippen molar-refractivity contribution in [3.05, 3.63) is 40.4 Å². The predicted molar refractivity (Wildman–Crippen MR) is 120 cm³/mol. The van der Waals surface area contributed by atoms with Gasteiger partial charge >= 0.3 is 6.09 Å². The van der Waals surface area contributed by atoms with Crippen LogP contribution in [-0.2, 0) is 10.2 Å². The Morgan fingerprint density at radius 2 is 1.74 bits per heavy atom. The zero-order valence-corrected chi connectivity index (χ0v) is 19.2. The quantitative estimate of drug-likeness (QED) is 0.590. The average Bonchev–Trinajstić information content (AvgIpc) is 3.06. The number of hydrogen-bond acceptors (Lipinski definition) is 5. The van der Waals surface area contributed by atoms with Crippen molar-refractivity contribution in [2.24, 2.45) is 0 Å². The van der Waals surface area contributed by atoms with Gasteiger partial charge in [-0.15, -0.1) is 5.10 Å². The van der Waals surface area contributed by atoms with Crippen LogP contribution in [0, 0.1) is 0 Å². The summed E-state index contributed by atoms with van der Waals surface area (Å²) in [4.78, 5) is 31.4. The zero-order chi connectivity index (χ0) is 22.6. The van der Waals surface area contributed by atoms with Crippen molar-refractivity contribution in [3.8, 4) is 0 Å². The molecule has 0 bridgehead atoms. The standard InChI is InChI=1S/C23H31N5O3/c1-22(2,3)17-8-7-16-19(24-17)25-28-18(29)11-14-27(20(16)28)15-9-12-26(13-10-15)21(30)31-23(4,5)6/h7-8,11,14-15H,9-10,12-13H2,1-6H3. The molecule has 0 saturated carbocycles. The van der Waals surface area contributed by atoms with Gasteiger partial charge in [0.2, 0.25) is 0 Å². The highest BCUT2D eigenvalue weighted by Crippen LogP contribution is 2.29. The van der Waals surface area contributed by atoms with Gasteiger partial charge in [-0.3, -0.25) is 4.79 Å². The smallest absolute Gasteiger partial charge is 0.410 e.